The highest BCUT2D eigenvalue weighted by atomic mass is 79.9. The third kappa shape index (κ3) is 4.95. The van der Waals surface area contributed by atoms with E-state index < -0.39 is 35.7 Å². The van der Waals surface area contributed by atoms with Gasteiger partial charge < -0.3 is 19.9 Å². The molecule has 0 bridgehead atoms. The highest BCUT2D eigenvalue weighted by Gasteiger charge is 2.44. The Morgan fingerprint density at radius 2 is 1.69 bits per heavy atom. The molecule has 2 aromatic carbocycles. The van der Waals surface area contributed by atoms with E-state index in [4.69, 9.17) is 15.2 Å². The van der Waals surface area contributed by atoms with Gasteiger partial charge in [0.25, 0.3) is 0 Å². The van der Waals surface area contributed by atoms with E-state index in [0.717, 1.165) is 25.2 Å². The number of hydrogen-bond donors (Lipinski definition) is 1. The SMILES string of the molecule is COC(=O)C1=C(C(=O)OC)N(c2cccc(OC(F)(F)F)c2Br)C(N)=C(C#N)C1c1ccccc1. The van der Waals surface area contributed by atoms with Crippen LogP contribution < -0.4 is 15.4 Å². The molecule has 2 N–H and O–H groups in total. The van der Waals surface area contributed by atoms with Crippen molar-refractivity contribution >= 4 is 33.6 Å². The van der Waals surface area contributed by atoms with Crippen LogP contribution in [0, 0.1) is 11.3 Å². The van der Waals surface area contributed by atoms with Gasteiger partial charge in [-0.1, -0.05) is 36.4 Å². The molecule has 0 amide bonds. The van der Waals surface area contributed by atoms with E-state index in [9.17, 15) is 28.0 Å². The average Bonchev–Trinajstić information content (AvgIpc) is 2.83. The smallest absolute Gasteiger partial charge is 0.466 e. The maximum absolute atomic E-state index is 13.0. The number of methoxy groups -OCH3 is 2. The van der Waals surface area contributed by atoms with Crippen LogP contribution in [0.1, 0.15) is 11.5 Å². The van der Waals surface area contributed by atoms with Crippen molar-refractivity contribution in [1.29, 1.82) is 5.26 Å². The van der Waals surface area contributed by atoms with Crippen molar-refractivity contribution in [3.8, 4) is 11.8 Å². The van der Waals surface area contributed by atoms with Crippen molar-refractivity contribution in [2.75, 3.05) is 19.1 Å². The number of anilines is 1. The predicted octanol–water partition coefficient (Wildman–Crippen LogP) is 4.25. The highest BCUT2D eigenvalue weighted by Crippen LogP contribution is 2.46. The summed E-state index contributed by atoms with van der Waals surface area (Å²) in [6, 6.07) is 13.8. The number of carbonyl (C=O) groups is 2. The van der Waals surface area contributed by atoms with Gasteiger partial charge in [0.1, 0.15) is 17.3 Å². The molecule has 0 spiro atoms. The number of benzene rings is 2. The first-order valence-corrected chi connectivity index (χ1v) is 10.5. The number of halogens is 4. The standard InChI is InChI=1S/C23H17BrF3N3O5/c1-33-21(31)17-16(12-7-4-3-5-8-12)13(11-28)20(29)30(19(17)22(32)34-2)14-9-6-10-15(18(14)24)35-23(25,26)27/h3-10,16H,29H2,1-2H3. The van der Waals surface area contributed by atoms with Gasteiger partial charge in [0.15, 0.2) is 0 Å². The van der Waals surface area contributed by atoms with Crippen LogP contribution in [0.2, 0.25) is 0 Å². The zero-order chi connectivity index (χ0) is 25.9. The number of esters is 2. The number of allylic oxidation sites excluding steroid dienone is 1. The van der Waals surface area contributed by atoms with Crippen LogP contribution in [0.4, 0.5) is 18.9 Å². The van der Waals surface area contributed by atoms with Gasteiger partial charge in [0, 0.05) is 0 Å². The van der Waals surface area contributed by atoms with Gasteiger partial charge in [-0.05, 0) is 33.6 Å². The quantitative estimate of drug-likeness (QED) is 0.548. The Balaban J connectivity index is 2.40. The number of ether oxygens (including phenoxy) is 3. The molecular weight excluding hydrogens is 535 g/mol. The average molecular weight is 552 g/mol. The fourth-order valence-corrected chi connectivity index (χ4v) is 4.16. The molecule has 0 saturated heterocycles. The number of carbonyl (C=O) groups excluding carboxylic acids is 2. The van der Waals surface area contributed by atoms with Crippen LogP contribution in [0.25, 0.3) is 0 Å². The lowest BCUT2D eigenvalue weighted by Crippen LogP contribution is -2.41. The summed E-state index contributed by atoms with van der Waals surface area (Å²) in [5, 5.41) is 10.00. The second-order valence-corrected chi connectivity index (χ2v) is 7.77. The van der Waals surface area contributed by atoms with Gasteiger partial charge in [-0.15, -0.1) is 13.2 Å². The second kappa shape index (κ2) is 10.1. The Morgan fingerprint density at radius 3 is 2.23 bits per heavy atom. The minimum atomic E-state index is -5.02. The molecule has 182 valence electrons. The summed E-state index contributed by atoms with van der Waals surface area (Å²) in [5.41, 5.74) is 5.79. The summed E-state index contributed by atoms with van der Waals surface area (Å²) in [7, 11) is 2.13. The van der Waals surface area contributed by atoms with Crippen molar-refractivity contribution in [3.63, 3.8) is 0 Å². The minimum Gasteiger partial charge on any atom is -0.466 e. The second-order valence-electron chi connectivity index (χ2n) is 6.97. The molecule has 1 aliphatic heterocycles. The molecule has 1 atom stereocenters. The maximum atomic E-state index is 13.0. The Bertz CT molecular complexity index is 1270. The van der Waals surface area contributed by atoms with Gasteiger partial charge in [-0.3, -0.25) is 4.90 Å². The summed E-state index contributed by atoms with van der Waals surface area (Å²) < 4.78 is 52.4. The number of rotatable bonds is 5. The van der Waals surface area contributed by atoms with E-state index >= 15 is 0 Å². The summed E-state index contributed by atoms with van der Waals surface area (Å²) in [4.78, 5) is 27.0. The number of nitriles is 1. The summed E-state index contributed by atoms with van der Waals surface area (Å²) in [6.45, 7) is 0. The fourth-order valence-electron chi connectivity index (χ4n) is 3.64. The number of alkyl halides is 3. The first-order chi connectivity index (χ1) is 16.6. The number of nitrogens with zero attached hydrogens (tertiary/aromatic N) is 2. The van der Waals surface area contributed by atoms with Gasteiger partial charge in [0.05, 0.1) is 47.5 Å². The van der Waals surface area contributed by atoms with E-state index in [1.165, 1.54) is 12.1 Å². The first-order valence-electron chi connectivity index (χ1n) is 9.75. The molecule has 8 nitrogen and oxygen atoms in total. The molecular formula is C23H17BrF3N3O5. The van der Waals surface area contributed by atoms with E-state index in [0.29, 0.717) is 5.56 Å². The Kier molecular flexibility index (Phi) is 7.40. The third-order valence-electron chi connectivity index (χ3n) is 5.02. The predicted molar refractivity (Wildman–Crippen MR) is 120 cm³/mol. The molecule has 0 aliphatic carbocycles. The molecule has 0 saturated carbocycles. The zero-order valence-corrected chi connectivity index (χ0v) is 19.8. The van der Waals surface area contributed by atoms with Gasteiger partial charge >= 0.3 is 18.3 Å². The van der Waals surface area contributed by atoms with Crippen molar-refractivity contribution < 1.29 is 37.0 Å². The zero-order valence-electron chi connectivity index (χ0n) is 18.2. The summed E-state index contributed by atoms with van der Waals surface area (Å²) in [6.07, 6.45) is -5.02. The third-order valence-corrected chi connectivity index (χ3v) is 5.82. The molecule has 1 aliphatic rings. The summed E-state index contributed by atoms with van der Waals surface area (Å²) in [5.74, 6) is -4.08. The Labute approximate surface area is 206 Å². The molecule has 35 heavy (non-hydrogen) atoms. The van der Waals surface area contributed by atoms with Crippen molar-refractivity contribution in [1.82, 2.24) is 0 Å². The molecule has 0 fully saturated rings. The van der Waals surface area contributed by atoms with Crippen molar-refractivity contribution in [2.24, 2.45) is 5.73 Å². The van der Waals surface area contributed by atoms with E-state index in [-0.39, 0.29) is 27.1 Å². The number of nitrogens with two attached hydrogens (primary N) is 1. The normalized spacial score (nSPS) is 16.0. The van der Waals surface area contributed by atoms with Crippen LogP contribution in [0.3, 0.4) is 0 Å². The van der Waals surface area contributed by atoms with Gasteiger partial charge in [0.2, 0.25) is 0 Å². The van der Waals surface area contributed by atoms with Crippen LogP contribution >= 0.6 is 15.9 Å². The molecule has 3 rings (SSSR count). The number of hydrogen-bond acceptors (Lipinski definition) is 8. The largest absolute Gasteiger partial charge is 0.573 e. The van der Waals surface area contributed by atoms with Crippen molar-refractivity contribution in [2.45, 2.75) is 12.3 Å². The van der Waals surface area contributed by atoms with E-state index in [2.05, 4.69) is 20.7 Å². The fraction of sp³-hybridized carbons (Fsp3) is 0.174. The van der Waals surface area contributed by atoms with Gasteiger partial charge in [-0.25, -0.2) is 9.59 Å². The lowest BCUT2D eigenvalue weighted by Gasteiger charge is -2.36. The molecule has 1 unspecified atom stereocenters. The topological polar surface area (TPSA) is 115 Å². The molecule has 1 heterocycles. The van der Waals surface area contributed by atoms with E-state index in [1.807, 2.05) is 6.07 Å². The Morgan fingerprint density at radius 1 is 1.06 bits per heavy atom. The molecule has 2 aromatic rings. The van der Waals surface area contributed by atoms with Crippen LogP contribution in [-0.2, 0) is 19.1 Å². The molecule has 12 heteroatoms. The molecule has 0 radical (unpaired) electrons. The van der Waals surface area contributed by atoms with E-state index in [1.54, 1.807) is 30.3 Å². The molecule has 0 aromatic heterocycles. The van der Waals surface area contributed by atoms with Crippen LogP contribution in [0.5, 0.6) is 5.75 Å². The van der Waals surface area contributed by atoms with Gasteiger partial charge in [-0.2, -0.15) is 5.26 Å². The highest BCUT2D eigenvalue weighted by molar-refractivity contribution is 9.10. The Hall–Kier alpha value is -3.98. The lowest BCUT2D eigenvalue weighted by molar-refractivity contribution is -0.274. The maximum Gasteiger partial charge on any atom is 0.573 e. The van der Waals surface area contributed by atoms with Crippen LogP contribution in [-0.4, -0.2) is 32.5 Å². The first kappa shape index (κ1) is 25.6. The minimum absolute atomic E-state index is 0.120. The van der Waals surface area contributed by atoms with Crippen LogP contribution in [0.15, 0.2) is 75.7 Å². The van der Waals surface area contributed by atoms with Crippen molar-refractivity contribution in [3.05, 3.63) is 81.2 Å². The lowest BCUT2D eigenvalue weighted by atomic mass is 9.81. The monoisotopic (exact) mass is 551 g/mol. The summed E-state index contributed by atoms with van der Waals surface area (Å²) >= 11 is 3.05.